The van der Waals surface area contributed by atoms with Gasteiger partial charge in [0.05, 0.1) is 12.0 Å². The van der Waals surface area contributed by atoms with Crippen molar-refractivity contribution < 1.29 is 19.1 Å². The molecule has 0 aromatic rings. The Morgan fingerprint density at radius 2 is 1.35 bits per heavy atom. The lowest BCUT2D eigenvalue weighted by atomic mass is 9.53. The molecule has 0 heterocycles. The fourth-order valence-electron chi connectivity index (χ4n) is 5.77. The summed E-state index contributed by atoms with van der Waals surface area (Å²) in [7, 11) is 0. The van der Waals surface area contributed by atoms with Crippen molar-refractivity contribution >= 4 is 18.5 Å². The van der Waals surface area contributed by atoms with Crippen molar-refractivity contribution in [2.24, 2.45) is 22.7 Å². The van der Waals surface area contributed by atoms with Crippen molar-refractivity contribution in [3.8, 4) is 0 Å². The largest absolute Gasteiger partial charge is 0.465 e. The Morgan fingerprint density at radius 1 is 0.725 bits per heavy atom. The normalized spacial score (nSPS) is 14.2. The van der Waals surface area contributed by atoms with Gasteiger partial charge in [-0.25, -0.2) is 0 Å². The van der Waals surface area contributed by atoms with Gasteiger partial charge in [-0.2, -0.15) is 0 Å². The number of allylic oxidation sites excluding steroid dienone is 2. The number of aldehydes is 2. The average Bonchev–Trinajstić information content (AvgIpc) is 2.98. The van der Waals surface area contributed by atoms with E-state index in [9.17, 15) is 14.4 Å². The van der Waals surface area contributed by atoms with Crippen LogP contribution in [0, 0.1) is 22.7 Å². The summed E-state index contributed by atoms with van der Waals surface area (Å²) >= 11 is 0. The summed E-state index contributed by atoms with van der Waals surface area (Å²) in [6.07, 6.45) is 22.7. The van der Waals surface area contributed by atoms with Crippen LogP contribution >= 0.6 is 0 Å². The first-order valence-corrected chi connectivity index (χ1v) is 16.9. The van der Waals surface area contributed by atoms with Gasteiger partial charge in [-0.3, -0.25) is 9.59 Å². The molecule has 0 spiro atoms. The van der Waals surface area contributed by atoms with Crippen LogP contribution in [0.25, 0.3) is 0 Å². The number of rotatable bonds is 22. The molecule has 0 amide bonds. The van der Waals surface area contributed by atoms with Gasteiger partial charge < -0.3 is 9.53 Å². The van der Waals surface area contributed by atoms with E-state index in [-0.39, 0.29) is 16.8 Å². The van der Waals surface area contributed by atoms with Crippen molar-refractivity contribution in [2.45, 2.75) is 172 Å². The Balaban J connectivity index is -0.000000695. The van der Waals surface area contributed by atoms with Gasteiger partial charge in [-0.15, -0.1) is 0 Å². The minimum Gasteiger partial charge on any atom is -0.465 e. The second-order valence-electron chi connectivity index (χ2n) is 11.5. The van der Waals surface area contributed by atoms with E-state index in [0.717, 1.165) is 89.6 Å². The predicted molar refractivity (Wildman–Crippen MR) is 175 cm³/mol. The second kappa shape index (κ2) is 29.1. The Bertz CT molecular complexity index is 608. The van der Waals surface area contributed by atoms with Crippen LogP contribution in [0.15, 0.2) is 12.2 Å². The highest BCUT2D eigenvalue weighted by Crippen LogP contribution is 2.55. The van der Waals surface area contributed by atoms with Crippen molar-refractivity contribution in [3.05, 3.63) is 12.2 Å². The smallest absolute Gasteiger partial charge is 0.312 e. The Labute approximate surface area is 250 Å². The summed E-state index contributed by atoms with van der Waals surface area (Å²) in [5.41, 5.74) is -0.329. The van der Waals surface area contributed by atoms with E-state index in [1.54, 1.807) is 0 Å². The monoisotopic (exact) mass is 567 g/mol. The molecule has 0 aromatic carbocycles. The second-order valence-corrected chi connectivity index (χ2v) is 11.5. The molecule has 0 rings (SSSR count). The molecule has 0 bridgehead atoms. The minimum atomic E-state index is -0.341. The van der Waals surface area contributed by atoms with E-state index < -0.39 is 0 Å². The summed E-state index contributed by atoms with van der Waals surface area (Å²) in [6, 6.07) is 0. The SMILES string of the molecule is CCCC=CC=O.CCCCC(C=O)CC.CCCCCCOC(=O)C(CC)(C(CC)CCC)C(C)(CC)CC. The van der Waals surface area contributed by atoms with Crippen molar-refractivity contribution in [1.82, 2.24) is 0 Å². The quantitative estimate of drug-likeness (QED) is 0.0566. The number of carbonyl (C=O) groups excluding carboxylic acids is 3. The molecule has 0 aliphatic rings. The van der Waals surface area contributed by atoms with Crippen LogP contribution in [-0.4, -0.2) is 25.1 Å². The van der Waals surface area contributed by atoms with Crippen LogP contribution in [0.1, 0.15) is 172 Å². The van der Waals surface area contributed by atoms with Crippen LogP contribution in [0.3, 0.4) is 0 Å². The van der Waals surface area contributed by atoms with Crippen molar-refractivity contribution in [2.75, 3.05) is 6.61 Å². The molecule has 0 radical (unpaired) electrons. The number of esters is 1. The maximum absolute atomic E-state index is 13.3. The molecule has 3 unspecified atom stereocenters. The van der Waals surface area contributed by atoms with Gasteiger partial charge in [0.2, 0.25) is 0 Å². The lowest BCUT2D eigenvalue weighted by Gasteiger charge is -2.50. The molecular formula is C36H70O4. The third-order valence-corrected chi connectivity index (χ3v) is 8.93. The third kappa shape index (κ3) is 16.7. The molecule has 0 saturated carbocycles. The lowest BCUT2D eigenvalue weighted by Crippen LogP contribution is -2.51. The maximum Gasteiger partial charge on any atom is 0.312 e. The van der Waals surface area contributed by atoms with E-state index in [1.807, 2.05) is 6.08 Å². The van der Waals surface area contributed by atoms with Crippen LogP contribution in [0.4, 0.5) is 0 Å². The molecule has 238 valence electrons. The molecule has 0 aliphatic carbocycles. The van der Waals surface area contributed by atoms with Crippen molar-refractivity contribution in [3.63, 3.8) is 0 Å². The van der Waals surface area contributed by atoms with Gasteiger partial charge in [0, 0.05) is 5.92 Å². The van der Waals surface area contributed by atoms with Crippen LogP contribution in [-0.2, 0) is 19.1 Å². The summed E-state index contributed by atoms with van der Waals surface area (Å²) in [4.78, 5) is 33.2. The molecule has 0 saturated heterocycles. The Morgan fingerprint density at radius 3 is 1.75 bits per heavy atom. The minimum absolute atomic E-state index is 0.0120. The molecule has 0 N–H and O–H groups in total. The van der Waals surface area contributed by atoms with E-state index in [2.05, 4.69) is 69.2 Å². The zero-order valence-electron chi connectivity index (χ0n) is 28.6. The fraction of sp³-hybridized carbons (Fsp3) is 0.861. The molecule has 3 atom stereocenters. The van der Waals surface area contributed by atoms with Crippen LogP contribution < -0.4 is 0 Å². The first-order valence-electron chi connectivity index (χ1n) is 16.9. The van der Waals surface area contributed by atoms with Gasteiger partial charge in [-0.05, 0) is 68.8 Å². The predicted octanol–water partition coefficient (Wildman–Crippen LogP) is 11.1. The Hall–Kier alpha value is -1.45. The topological polar surface area (TPSA) is 60.4 Å². The lowest BCUT2D eigenvalue weighted by molar-refractivity contribution is -0.174. The van der Waals surface area contributed by atoms with E-state index >= 15 is 0 Å². The highest BCUT2D eigenvalue weighted by atomic mass is 16.5. The first-order chi connectivity index (χ1) is 19.2. The average molecular weight is 567 g/mol. The zero-order valence-corrected chi connectivity index (χ0v) is 28.6. The summed E-state index contributed by atoms with van der Waals surface area (Å²) < 4.78 is 5.89. The molecule has 4 nitrogen and oxygen atoms in total. The van der Waals surface area contributed by atoms with E-state index in [0.29, 0.717) is 18.4 Å². The van der Waals surface area contributed by atoms with Gasteiger partial charge in [0.1, 0.15) is 12.6 Å². The van der Waals surface area contributed by atoms with E-state index in [4.69, 9.17) is 4.74 Å². The van der Waals surface area contributed by atoms with Gasteiger partial charge in [-0.1, -0.05) is 127 Å². The summed E-state index contributed by atoms with van der Waals surface area (Å²) in [6.45, 7) is 22.5. The van der Waals surface area contributed by atoms with E-state index in [1.165, 1.54) is 31.8 Å². The maximum atomic E-state index is 13.3. The Kier molecular flexibility index (Phi) is 31.2. The molecular weight excluding hydrogens is 496 g/mol. The van der Waals surface area contributed by atoms with Gasteiger partial charge >= 0.3 is 5.97 Å². The molecule has 40 heavy (non-hydrogen) atoms. The molecule has 4 heteroatoms. The van der Waals surface area contributed by atoms with Crippen LogP contribution in [0.5, 0.6) is 0 Å². The summed E-state index contributed by atoms with van der Waals surface area (Å²) in [5.74, 6) is 0.818. The first kappa shape index (κ1) is 43.0. The van der Waals surface area contributed by atoms with Crippen LogP contribution in [0.2, 0.25) is 0 Å². The van der Waals surface area contributed by atoms with Gasteiger partial charge in [0.25, 0.3) is 0 Å². The number of ether oxygens (including phenoxy) is 1. The fourth-order valence-corrected chi connectivity index (χ4v) is 5.77. The molecule has 0 aromatic heterocycles. The highest BCUT2D eigenvalue weighted by molar-refractivity contribution is 5.78. The third-order valence-electron chi connectivity index (χ3n) is 8.93. The standard InChI is InChI=1S/C22H44O2.C8H16O.C6H10O/c1-8-14-15-16-18-24-20(23)22(13-6,19(10-3)17-9-2)21(7,11-4)12-5;1-3-5-6-8(4-2)7-9;1-2-3-4-5-6-7/h19H,8-18H2,1-7H3;7-8H,3-6H2,1-2H3;4-6H,2-3H2,1H3. The number of hydrogen-bond donors (Lipinski definition) is 0. The number of hydrogen-bond acceptors (Lipinski definition) is 4. The molecule has 0 aliphatic heterocycles. The highest BCUT2D eigenvalue weighted by Gasteiger charge is 2.55. The number of carbonyl (C=O) groups is 3. The molecule has 0 fully saturated rings. The van der Waals surface area contributed by atoms with Gasteiger partial charge in [0.15, 0.2) is 0 Å². The summed E-state index contributed by atoms with van der Waals surface area (Å²) in [5, 5.41) is 0. The zero-order chi connectivity index (χ0) is 31.3. The van der Waals surface area contributed by atoms with Crippen molar-refractivity contribution in [1.29, 1.82) is 0 Å². The number of unbranched alkanes of at least 4 members (excludes halogenated alkanes) is 5.